The molecule has 34 heavy (non-hydrogen) atoms. The first-order chi connectivity index (χ1) is 15.9. The van der Waals surface area contributed by atoms with Gasteiger partial charge in [0.25, 0.3) is 0 Å². The number of carbonyl (C=O) groups is 1. The van der Waals surface area contributed by atoms with E-state index in [0.717, 1.165) is 25.7 Å². The van der Waals surface area contributed by atoms with Gasteiger partial charge in [0.15, 0.2) is 12.1 Å². The van der Waals surface area contributed by atoms with Crippen molar-refractivity contribution in [3.8, 4) is 0 Å². The third-order valence-corrected chi connectivity index (χ3v) is 12.7. The van der Waals surface area contributed by atoms with Crippen LogP contribution < -0.4 is 0 Å². The normalized spacial score (nSPS) is 64.3. The molecule has 0 aromatic rings. The Balaban J connectivity index is 1.16. The maximum atomic E-state index is 13.3. The van der Waals surface area contributed by atoms with Gasteiger partial charge in [-0.3, -0.25) is 4.79 Å². The smallest absolute Gasteiger partial charge is 0.186 e. The number of hydrogen-bond donors (Lipinski definition) is 2. The molecule has 4 aliphatic carbocycles. The topological polar surface area (TPSA) is 91.8 Å². The van der Waals surface area contributed by atoms with E-state index in [-0.39, 0.29) is 34.9 Å². The number of aliphatic hydroxyl groups excluding tert-OH is 2. The van der Waals surface area contributed by atoms with Crippen LogP contribution in [0.15, 0.2) is 12.2 Å². The first-order valence-corrected chi connectivity index (χ1v) is 13.5. The molecule has 7 aliphatic rings. The summed E-state index contributed by atoms with van der Waals surface area (Å²) in [5.74, 6) is 2.28. The van der Waals surface area contributed by atoms with Crippen molar-refractivity contribution < 1.29 is 29.2 Å². The molecular formula is C28H40O6. The summed E-state index contributed by atoms with van der Waals surface area (Å²) in [6.07, 6.45) is 7.95. The molecule has 7 rings (SSSR count). The van der Waals surface area contributed by atoms with Crippen molar-refractivity contribution >= 4 is 5.78 Å². The van der Waals surface area contributed by atoms with Crippen LogP contribution in [-0.4, -0.2) is 57.4 Å². The van der Waals surface area contributed by atoms with Crippen molar-refractivity contribution in [2.75, 3.05) is 0 Å². The summed E-state index contributed by atoms with van der Waals surface area (Å²) in [6.45, 7) is 10.9. The van der Waals surface area contributed by atoms with E-state index in [1.165, 1.54) is 12.8 Å². The zero-order valence-electron chi connectivity index (χ0n) is 21.1. The van der Waals surface area contributed by atoms with Crippen LogP contribution in [0.5, 0.6) is 0 Å². The molecule has 6 nitrogen and oxygen atoms in total. The number of aliphatic hydroxyl groups is 2. The van der Waals surface area contributed by atoms with Crippen LogP contribution in [0.25, 0.3) is 0 Å². The molecule has 3 saturated heterocycles. The molecule has 188 valence electrons. The largest absolute Gasteiger partial charge is 0.386 e. The number of allylic oxidation sites excluding steroid dienone is 1. The Morgan fingerprint density at radius 2 is 1.85 bits per heavy atom. The van der Waals surface area contributed by atoms with Gasteiger partial charge in [-0.15, -0.1) is 0 Å². The predicted octanol–water partition coefficient (Wildman–Crippen LogP) is 3.38. The highest BCUT2D eigenvalue weighted by molar-refractivity contribution is 5.98. The molecule has 14 atom stereocenters. The van der Waals surface area contributed by atoms with Crippen molar-refractivity contribution in [1.29, 1.82) is 0 Å². The molecule has 14 unspecified atom stereocenters. The lowest BCUT2D eigenvalue weighted by Crippen LogP contribution is -2.63. The molecule has 6 fully saturated rings. The van der Waals surface area contributed by atoms with Gasteiger partial charge in [0.1, 0.15) is 22.9 Å². The average molecular weight is 473 g/mol. The Morgan fingerprint density at radius 1 is 1.09 bits per heavy atom. The fraction of sp³-hybridized carbons (Fsp3) is 0.893. The molecule has 0 bridgehead atoms. The monoisotopic (exact) mass is 472 g/mol. The van der Waals surface area contributed by atoms with E-state index >= 15 is 0 Å². The van der Waals surface area contributed by atoms with E-state index in [9.17, 15) is 15.0 Å². The van der Waals surface area contributed by atoms with Crippen LogP contribution in [-0.2, 0) is 19.0 Å². The molecule has 0 aromatic heterocycles. The lowest BCUT2D eigenvalue weighted by atomic mass is 9.44. The van der Waals surface area contributed by atoms with E-state index < -0.39 is 29.0 Å². The zero-order valence-corrected chi connectivity index (χ0v) is 21.1. The molecule has 3 heterocycles. The second kappa shape index (κ2) is 6.36. The maximum Gasteiger partial charge on any atom is 0.186 e. The van der Waals surface area contributed by atoms with E-state index in [1.54, 1.807) is 12.2 Å². The van der Waals surface area contributed by atoms with E-state index in [4.69, 9.17) is 14.2 Å². The minimum atomic E-state index is -0.866. The first kappa shape index (κ1) is 22.4. The number of rotatable bonds is 2. The number of hydrogen-bond acceptors (Lipinski definition) is 6. The first-order valence-electron chi connectivity index (χ1n) is 13.5. The SMILES string of the molecule is CC(C1CC2(C)OC2(C)C(O)O1)C1CCC2C3CC4OC45C(O)C=CC(=O)C5(C)C3CCC12C. The number of fused-ring (bicyclic) bond motifs is 5. The average Bonchev–Trinajstić information content (AvgIpc) is 3.60. The molecule has 2 N–H and O–H groups in total. The molecule has 1 spiro atoms. The summed E-state index contributed by atoms with van der Waals surface area (Å²) < 4.78 is 18.4. The standard InChI is InChI=1S/C28H40O6/c1-14(19-13-25(3)27(5,34-25)23(31)32-19)16-6-7-17-15-12-22-28(33-22)21(30)9-8-20(29)26(28,4)18(15)10-11-24(16,17)2/h8-9,14-19,21-23,30-31H,6-7,10-13H2,1-5H3. The van der Waals surface area contributed by atoms with Gasteiger partial charge in [0.05, 0.1) is 17.6 Å². The van der Waals surface area contributed by atoms with Crippen LogP contribution >= 0.6 is 0 Å². The number of ether oxygens (including phenoxy) is 3. The summed E-state index contributed by atoms with van der Waals surface area (Å²) in [7, 11) is 0. The van der Waals surface area contributed by atoms with Gasteiger partial charge >= 0.3 is 0 Å². The molecule has 6 heteroatoms. The van der Waals surface area contributed by atoms with Crippen molar-refractivity contribution in [1.82, 2.24) is 0 Å². The van der Waals surface area contributed by atoms with Gasteiger partial charge in [-0.05, 0) is 100 Å². The summed E-state index contributed by atoms with van der Waals surface area (Å²) >= 11 is 0. The Bertz CT molecular complexity index is 980. The van der Waals surface area contributed by atoms with Gasteiger partial charge in [-0.1, -0.05) is 13.8 Å². The summed E-state index contributed by atoms with van der Waals surface area (Å²) in [5.41, 5.74) is -1.99. The van der Waals surface area contributed by atoms with Crippen LogP contribution in [0, 0.1) is 40.4 Å². The van der Waals surface area contributed by atoms with Crippen LogP contribution in [0.2, 0.25) is 0 Å². The summed E-state index contributed by atoms with van der Waals surface area (Å²) in [6, 6.07) is 0. The fourth-order valence-corrected chi connectivity index (χ4v) is 10.4. The third-order valence-electron chi connectivity index (χ3n) is 12.7. The van der Waals surface area contributed by atoms with Gasteiger partial charge in [-0.25, -0.2) is 0 Å². The number of ketones is 1. The lowest BCUT2D eigenvalue weighted by molar-refractivity contribution is -0.204. The molecule has 3 aliphatic heterocycles. The van der Waals surface area contributed by atoms with Gasteiger partial charge in [0, 0.05) is 6.42 Å². The molecular weight excluding hydrogens is 432 g/mol. The van der Waals surface area contributed by atoms with Crippen LogP contribution in [0.3, 0.4) is 0 Å². The highest BCUT2D eigenvalue weighted by atomic mass is 16.7. The van der Waals surface area contributed by atoms with Crippen molar-refractivity contribution in [2.24, 2.45) is 40.4 Å². The summed E-state index contributed by atoms with van der Waals surface area (Å²) in [4.78, 5) is 13.3. The zero-order chi connectivity index (χ0) is 24.1. The number of epoxide rings is 2. The van der Waals surface area contributed by atoms with Crippen molar-refractivity contribution in [3.05, 3.63) is 12.2 Å². The van der Waals surface area contributed by atoms with E-state index in [1.807, 2.05) is 6.92 Å². The minimum Gasteiger partial charge on any atom is -0.386 e. The van der Waals surface area contributed by atoms with Crippen molar-refractivity contribution in [3.63, 3.8) is 0 Å². The Kier molecular flexibility index (Phi) is 4.20. The highest BCUT2D eigenvalue weighted by Gasteiger charge is 2.80. The van der Waals surface area contributed by atoms with E-state index in [2.05, 4.69) is 27.7 Å². The lowest BCUT2D eigenvalue weighted by Gasteiger charge is -2.58. The maximum absolute atomic E-state index is 13.3. The molecule has 3 saturated carbocycles. The Morgan fingerprint density at radius 3 is 2.59 bits per heavy atom. The quantitative estimate of drug-likeness (QED) is 0.599. The Labute approximate surface area is 202 Å². The second-order valence-corrected chi connectivity index (χ2v) is 13.6. The summed E-state index contributed by atoms with van der Waals surface area (Å²) in [5, 5.41) is 21.5. The highest BCUT2D eigenvalue weighted by Crippen LogP contribution is 2.73. The van der Waals surface area contributed by atoms with Gasteiger partial charge in [0.2, 0.25) is 0 Å². The molecule has 0 amide bonds. The van der Waals surface area contributed by atoms with Crippen molar-refractivity contribution in [2.45, 2.75) is 115 Å². The fourth-order valence-electron chi connectivity index (χ4n) is 10.4. The molecule has 0 aromatic carbocycles. The second-order valence-electron chi connectivity index (χ2n) is 13.6. The number of carbonyl (C=O) groups excluding carboxylic acids is 1. The molecule has 0 radical (unpaired) electrons. The van der Waals surface area contributed by atoms with E-state index in [0.29, 0.717) is 23.7 Å². The predicted molar refractivity (Wildman–Crippen MR) is 124 cm³/mol. The van der Waals surface area contributed by atoms with Gasteiger partial charge < -0.3 is 24.4 Å². The Hall–Kier alpha value is -0.790. The minimum absolute atomic E-state index is 0.00244. The van der Waals surface area contributed by atoms with Crippen LogP contribution in [0.4, 0.5) is 0 Å². The third kappa shape index (κ3) is 2.30. The van der Waals surface area contributed by atoms with Crippen LogP contribution in [0.1, 0.15) is 73.1 Å². The van der Waals surface area contributed by atoms with Gasteiger partial charge in [-0.2, -0.15) is 0 Å².